The predicted octanol–water partition coefficient (Wildman–Crippen LogP) is 1.59. The van der Waals surface area contributed by atoms with Gasteiger partial charge in [0.25, 0.3) is 5.91 Å². The smallest absolute Gasteiger partial charge is 0.272 e. The number of nitrogens with zero attached hydrogens (tertiary/aromatic N) is 2. The van der Waals surface area contributed by atoms with Gasteiger partial charge >= 0.3 is 0 Å². The number of piperidine rings is 1. The van der Waals surface area contributed by atoms with Crippen molar-refractivity contribution in [3.8, 4) is 0 Å². The summed E-state index contributed by atoms with van der Waals surface area (Å²) < 4.78 is 0. The largest absolute Gasteiger partial charge is 0.389 e. The van der Waals surface area contributed by atoms with Crippen LogP contribution in [0, 0.1) is 5.92 Å². The van der Waals surface area contributed by atoms with Crippen LogP contribution in [-0.4, -0.2) is 33.9 Å². The van der Waals surface area contributed by atoms with Crippen LogP contribution in [0.2, 0.25) is 0 Å². The highest BCUT2D eigenvalue weighted by molar-refractivity contribution is 7.80. The zero-order valence-corrected chi connectivity index (χ0v) is 11.2. The van der Waals surface area contributed by atoms with Crippen LogP contribution < -0.4 is 5.73 Å². The van der Waals surface area contributed by atoms with Crippen LogP contribution in [0.25, 0.3) is 0 Å². The Morgan fingerprint density at radius 1 is 1.56 bits per heavy atom. The Hall–Kier alpha value is -1.49. The molecule has 4 nitrogen and oxygen atoms in total. The fourth-order valence-corrected chi connectivity index (χ4v) is 2.32. The molecule has 1 atom stereocenters. The first-order valence-corrected chi connectivity index (χ1v) is 6.54. The van der Waals surface area contributed by atoms with Gasteiger partial charge < -0.3 is 10.6 Å². The quantitative estimate of drug-likeness (QED) is 0.823. The van der Waals surface area contributed by atoms with E-state index in [1.165, 1.54) is 6.42 Å². The van der Waals surface area contributed by atoms with Gasteiger partial charge in [-0.05, 0) is 30.9 Å². The molecule has 2 N–H and O–H groups in total. The first kappa shape index (κ1) is 13.0. The maximum absolute atomic E-state index is 12.2. The number of thiocarbonyl (C=S) groups is 1. The Balaban J connectivity index is 2.10. The molecule has 96 valence electrons. The average Bonchev–Trinajstić information content (AvgIpc) is 2.38. The molecule has 1 saturated heterocycles. The van der Waals surface area contributed by atoms with Gasteiger partial charge in [0.05, 0.1) is 0 Å². The first-order chi connectivity index (χ1) is 8.58. The SMILES string of the molecule is CC1CCCN(C(=O)c2ccc(C(N)=S)cn2)C1. The van der Waals surface area contributed by atoms with Crippen LogP contribution in [0.1, 0.15) is 35.8 Å². The summed E-state index contributed by atoms with van der Waals surface area (Å²) in [4.78, 5) is 18.5. The van der Waals surface area contributed by atoms with Gasteiger partial charge in [0.1, 0.15) is 10.7 Å². The number of amides is 1. The van der Waals surface area contributed by atoms with Gasteiger partial charge in [0.15, 0.2) is 0 Å². The number of carbonyl (C=O) groups is 1. The Bertz CT molecular complexity index is 458. The van der Waals surface area contributed by atoms with E-state index in [-0.39, 0.29) is 5.91 Å². The normalized spacial score (nSPS) is 19.6. The molecule has 2 rings (SSSR count). The highest BCUT2D eigenvalue weighted by Gasteiger charge is 2.22. The molecule has 1 unspecified atom stereocenters. The van der Waals surface area contributed by atoms with E-state index in [0.717, 1.165) is 19.5 Å². The molecule has 1 aromatic rings. The summed E-state index contributed by atoms with van der Waals surface area (Å²) in [5.41, 5.74) is 6.65. The van der Waals surface area contributed by atoms with Gasteiger partial charge in [0.2, 0.25) is 0 Å². The van der Waals surface area contributed by atoms with Crippen LogP contribution in [0.5, 0.6) is 0 Å². The van der Waals surface area contributed by atoms with Crippen molar-refractivity contribution >= 4 is 23.1 Å². The summed E-state index contributed by atoms with van der Waals surface area (Å²) in [5.74, 6) is 0.564. The number of aromatic nitrogens is 1. The number of rotatable bonds is 2. The Morgan fingerprint density at radius 3 is 2.89 bits per heavy atom. The molecule has 1 amide bonds. The zero-order valence-electron chi connectivity index (χ0n) is 10.4. The summed E-state index contributed by atoms with van der Waals surface area (Å²) in [6, 6.07) is 3.44. The molecule has 1 aliphatic rings. The van der Waals surface area contributed by atoms with Crippen LogP contribution in [0.3, 0.4) is 0 Å². The van der Waals surface area contributed by atoms with Crippen molar-refractivity contribution in [3.63, 3.8) is 0 Å². The fourth-order valence-electron chi connectivity index (χ4n) is 2.20. The molecule has 0 spiro atoms. The van der Waals surface area contributed by atoms with Crippen molar-refractivity contribution in [2.75, 3.05) is 13.1 Å². The molecule has 0 bridgehead atoms. The van der Waals surface area contributed by atoms with E-state index in [1.807, 2.05) is 4.90 Å². The van der Waals surface area contributed by atoms with Crippen molar-refractivity contribution < 1.29 is 4.79 Å². The maximum atomic E-state index is 12.2. The lowest BCUT2D eigenvalue weighted by molar-refractivity contribution is 0.0677. The second kappa shape index (κ2) is 5.44. The van der Waals surface area contributed by atoms with Gasteiger partial charge in [-0.25, -0.2) is 0 Å². The van der Waals surface area contributed by atoms with E-state index in [2.05, 4.69) is 11.9 Å². The van der Waals surface area contributed by atoms with Gasteiger partial charge in [-0.2, -0.15) is 0 Å². The number of carbonyl (C=O) groups excluding carboxylic acids is 1. The van der Waals surface area contributed by atoms with E-state index < -0.39 is 0 Å². The lowest BCUT2D eigenvalue weighted by atomic mass is 10.00. The maximum Gasteiger partial charge on any atom is 0.272 e. The number of likely N-dealkylation sites (tertiary alicyclic amines) is 1. The van der Waals surface area contributed by atoms with Crippen molar-refractivity contribution in [2.24, 2.45) is 11.7 Å². The van der Waals surface area contributed by atoms with Crippen molar-refractivity contribution in [1.29, 1.82) is 0 Å². The van der Waals surface area contributed by atoms with Crippen LogP contribution >= 0.6 is 12.2 Å². The van der Waals surface area contributed by atoms with Gasteiger partial charge in [0, 0.05) is 24.8 Å². The molecule has 0 radical (unpaired) electrons. The molecule has 0 saturated carbocycles. The van der Waals surface area contributed by atoms with Crippen LogP contribution in [-0.2, 0) is 0 Å². The molecule has 0 aliphatic carbocycles. The Labute approximate surface area is 112 Å². The lowest BCUT2D eigenvalue weighted by Crippen LogP contribution is -2.39. The molecule has 2 heterocycles. The average molecular weight is 263 g/mol. The molecule has 5 heteroatoms. The second-order valence-electron chi connectivity index (χ2n) is 4.79. The number of nitrogens with two attached hydrogens (primary N) is 1. The summed E-state index contributed by atoms with van der Waals surface area (Å²) in [7, 11) is 0. The van der Waals surface area contributed by atoms with Crippen molar-refractivity contribution in [2.45, 2.75) is 19.8 Å². The third-order valence-corrected chi connectivity index (χ3v) is 3.45. The molecular weight excluding hydrogens is 246 g/mol. The van der Waals surface area contributed by atoms with Crippen LogP contribution in [0.15, 0.2) is 18.3 Å². The van der Waals surface area contributed by atoms with E-state index in [1.54, 1.807) is 18.3 Å². The van der Waals surface area contributed by atoms with E-state index in [0.29, 0.717) is 22.2 Å². The molecule has 1 aromatic heterocycles. The summed E-state index contributed by atoms with van der Waals surface area (Å²) in [5, 5.41) is 0. The number of pyridine rings is 1. The molecule has 18 heavy (non-hydrogen) atoms. The predicted molar refractivity (Wildman–Crippen MR) is 74.4 cm³/mol. The summed E-state index contributed by atoms with van der Waals surface area (Å²) in [6.45, 7) is 3.81. The lowest BCUT2D eigenvalue weighted by Gasteiger charge is -2.30. The molecule has 1 aliphatic heterocycles. The number of hydrogen-bond acceptors (Lipinski definition) is 3. The topological polar surface area (TPSA) is 59.2 Å². The Morgan fingerprint density at radius 2 is 2.33 bits per heavy atom. The first-order valence-electron chi connectivity index (χ1n) is 6.13. The summed E-state index contributed by atoms with van der Waals surface area (Å²) >= 11 is 4.85. The van der Waals surface area contributed by atoms with E-state index in [4.69, 9.17) is 18.0 Å². The van der Waals surface area contributed by atoms with E-state index in [9.17, 15) is 4.79 Å². The highest BCUT2D eigenvalue weighted by atomic mass is 32.1. The van der Waals surface area contributed by atoms with Gasteiger partial charge in [-0.1, -0.05) is 19.1 Å². The minimum atomic E-state index is -0.00367. The summed E-state index contributed by atoms with van der Waals surface area (Å²) in [6.07, 6.45) is 3.82. The van der Waals surface area contributed by atoms with E-state index >= 15 is 0 Å². The minimum Gasteiger partial charge on any atom is -0.389 e. The minimum absolute atomic E-state index is 0.00367. The third-order valence-electron chi connectivity index (χ3n) is 3.21. The van der Waals surface area contributed by atoms with Gasteiger partial charge in [-0.15, -0.1) is 0 Å². The molecule has 0 aromatic carbocycles. The van der Waals surface area contributed by atoms with Gasteiger partial charge in [-0.3, -0.25) is 9.78 Å². The third kappa shape index (κ3) is 2.85. The van der Waals surface area contributed by atoms with Crippen molar-refractivity contribution in [3.05, 3.63) is 29.6 Å². The molecule has 1 fully saturated rings. The standard InChI is InChI=1S/C13H17N3OS/c1-9-3-2-6-16(8-9)13(17)11-5-4-10(7-15-11)12(14)18/h4-5,7,9H,2-3,6,8H2,1H3,(H2,14,18). The van der Waals surface area contributed by atoms with Crippen molar-refractivity contribution in [1.82, 2.24) is 9.88 Å². The highest BCUT2D eigenvalue weighted by Crippen LogP contribution is 2.17. The monoisotopic (exact) mass is 263 g/mol. The second-order valence-corrected chi connectivity index (χ2v) is 5.23. The number of hydrogen-bond donors (Lipinski definition) is 1. The zero-order chi connectivity index (χ0) is 13.1. The van der Waals surface area contributed by atoms with Crippen LogP contribution in [0.4, 0.5) is 0 Å². The fraction of sp³-hybridized carbons (Fsp3) is 0.462. The molecular formula is C13H17N3OS. The Kier molecular flexibility index (Phi) is 3.91.